The lowest BCUT2D eigenvalue weighted by Crippen LogP contribution is -2.34. The lowest BCUT2D eigenvalue weighted by Gasteiger charge is -2.27. The first-order valence-electron chi connectivity index (χ1n) is 5.36. The molecule has 2 unspecified atom stereocenters. The molecule has 2 atom stereocenters. The van der Waals surface area contributed by atoms with E-state index in [9.17, 15) is 9.90 Å². The lowest BCUT2D eigenvalue weighted by atomic mass is 9.93. The van der Waals surface area contributed by atoms with E-state index in [0.29, 0.717) is 5.69 Å². The second kappa shape index (κ2) is 3.73. The Morgan fingerprint density at radius 1 is 1.47 bits per heavy atom. The van der Waals surface area contributed by atoms with Crippen molar-refractivity contribution in [2.75, 3.05) is 5.73 Å². The van der Waals surface area contributed by atoms with E-state index in [-0.39, 0.29) is 17.3 Å². The molecule has 84 valence electrons. The molecule has 0 radical (unpaired) electrons. The first-order valence-corrected chi connectivity index (χ1v) is 5.36. The number of aromatic amines is 1. The average Bonchev–Trinajstić information content (AvgIpc) is 2.47. The SMILES string of the molecule is Cc1[nH]n(C2CCCCC2O)c(=O)c1N. The van der Waals surface area contributed by atoms with Gasteiger partial charge in [-0.15, -0.1) is 0 Å². The van der Waals surface area contributed by atoms with Gasteiger partial charge in [-0.1, -0.05) is 12.8 Å². The molecule has 0 bridgehead atoms. The van der Waals surface area contributed by atoms with E-state index in [4.69, 9.17) is 5.73 Å². The number of aliphatic hydroxyl groups excluding tert-OH is 1. The number of hydrogen-bond acceptors (Lipinski definition) is 3. The molecule has 1 saturated carbocycles. The Labute approximate surface area is 87.9 Å². The first-order chi connectivity index (χ1) is 7.11. The van der Waals surface area contributed by atoms with Gasteiger partial charge in [-0.3, -0.25) is 9.89 Å². The van der Waals surface area contributed by atoms with Crippen molar-refractivity contribution in [3.8, 4) is 0 Å². The van der Waals surface area contributed by atoms with Crippen molar-refractivity contribution < 1.29 is 5.11 Å². The number of hydrogen-bond donors (Lipinski definition) is 3. The molecule has 1 aromatic rings. The second-order valence-electron chi connectivity index (χ2n) is 4.24. The molecule has 1 heterocycles. The van der Waals surface area contributed by atoms with Crippen LogP contribution in [0.4, 0.5) is 5.69 Å². The average molecular weight is 211 g/mol. The topological polar surface area (TPSA) is 84.0 Å². The first kappa shape index (κ1) is 10.3. The molecule has 1 aromatic heterocycles. The van der Waals surface area contributed by atoms with Crippen LogP contribution >= 0.6 is 0 Å². The number of aryl methyl sites for hydroxylation is 1. The van der Waals surface area contributed by atoms with Crippen LogP contribution in [0, 0.1) is 6.92 Å². The van der Waals surface area contributed by atoms with Crippen molar-refractivity contribution in [2.45, 2.75) is 44.8 Å². The fraction of sp³-hybridized carbons (Fsp3) is 0.700. The fourth-order valence-electron chi connectivity index (χ4n) is 2.21. The van der Waals surface area contributed by atoms with Crippen molar-refractivity contribution in [3.63, 3.8) is 0 Å². The van der Waals surface area contributed by atoms with Gasteiger partial charge >= 0.3 is 0 Å². The normalized spacial score (nSPS) is 26.8. The summed E-state index contributed by atoms with van der Waals surface area (Å²) in [5.41, 5.74) is 6.33. The molecular weight excluding hydrogens is 194 g/mol. The number of anilines is 1. The molecule has 2 rings (SSSR count). The highest BCUT2D eigenvalue weighted by Crippen LogP contribution is 2.27. The maximum Gasteiger partial charge on any atom is 0.290 e. The molecule has 15 heavy (non-hydrogen) atoms. The van der Waals surface area contributed by atoms with E-state index in [1.807, 2.05) is 0 Å². The molecular formula is C10H17N3O2. The van der Waals surface area contributed by atoms with Crippen molar-refractivity contribution >= 4 is 5.69 Å². The molecule has 4 N–H and O–H groups in total. The maximum absolute atomic E-state index is 11.7. The largest absolute Gasteiger partial charge is 0.393 e. The Morgan fingerprint density at radius 3 is 2.67 bits per heavy atom. The summed E-state index contributed by atoms with van der Waals surface area (Å²) in [4.78, 5) is 11.7. The number of nitrogens with zero attached hydrogens (tertiary/aromatic N) is 1. The van der Waals surface area contributed by atoms with E-state index in [2.05, 4.69) is 5.10 Å². The summed E-state index contributed by atoms with van der Waals surface area (Å²) in [6.07, 6.45) is 3.23. The van der Waals surface area contributed by atoms with E-state index >= 15 is 0 Å². The van der Waals surface area contributed by atoms with Crippen molar-refractivity contribution in [3.05, 3.63) is 16.0 Å². The molecule has 0 aliphatic heterocycles. The molecule has 0 saturated heterocycles. The van der Waals surface area contributed by atoms with Gasteiger partial charge in [-0.2, -0.15) is 0 Å². The minimum absolute atomic E-state index is 0.137. The molecule has 1 aliphatic carbocycles. The Kier molecular flexibility index (Phi) is 2.56. The van der Waals surface area contributed by atoms with Gasteiger partial charge in [0.2, 0.25) is 0 Å². The highest BCUT2D eigenvalue weighted by atomic mass is 16.3. The Bertz CT molecular complexity index is 407. The van der Waals surface area contributed by atoms with Crippen LogP contribution in [0.15, 0.2) is 4.79 Å². The second-order valence-corrected chi connectivity index (χ2v) is 4.24. The highest BCUT2D eigenvalue weighted by Gasteiger charge is 2.27. The third kappa shape index (κ3) is 1.67. The van der Waals surface area contributed by atoms with Crippen LogP contribution in [0.3, 0.4) is 0 Å². The summed E-state index contributed by atoms with van der Waals surface area (Å²) >= 11 is 0. The monoisotopic (exact) mass is 211 g/mol. The number of H-pyrrole nitrogens is 1. The van der Waals surface area contributed by atoms with Crippen molar-refractivity contribution in [1.82, 2.24) is 9.78 Å². The summed E-state index contributed by atoms with van der Waals surface area (Å²) in [5, 5.41) is 12.8. The zero-order valence-corrected chi connectivity index (χ0v) is 8.86. The highest BCUT2D eigenvalue weighted by molar-refractivity contribution is 5.39. The van der Waals surface area contributed by atoms with Gasteiger partial charge in [0.15, 0.2) is 0 Å². The number of nitrogen functional groups attached to an aromatic ring is 1. The van der Waals surface area contributed by atoms with Gasteiger partial charge in [-0.25, -0.2) is 4.68 Å². The van der Waals surface area contributed by atoms with Gasteiger partial charge in [0, 0.05) is 0 Å². The minimum Gasteiger partial charge on any atom is -0.393 e. The standard InChI is InChI=1S/C10H17N3O2/c1-6-9(11)10(15)13(12-6)7-4-2-3-5-8(7)14/h7-8,12,14H,2-5,11H2,1H3. The van der Waals surface area contributed by atoms with E-state index in [1.54, 1.807) is 6.92 Å². The number of nitrogens with one attached hydrogen (secondary N) is 1. The quantitative estimate of drug-likeness (QED) is 0.634. The Hall–Kier alpha value is -1.23. The van der Waals surface area contributed by atoms with E-state index < -0.39 is 6.10 Å². The van der Waals surface area contributed by atoms with Gasteiger partial charge in [0.25, 0.3) is 5.56 Å². The van der Waals surface area contributed by atoms with E-state index in [1.165, 1.54) is 4.68 Å². The fourth-order valence-corrected chi connectivity index (χ4v) is 2.21. The summed E-state index contributed by atoms with van der Waals surface area (Å²) in [6.45, 7) is 1.77. The van der Waals surface area contributed by atoms with Crippen LogP contribution in [0.25, 0.3) is 0 Å². The van der Waals surface area contributed by atoms with Crippen LogP contribution in [0.2, 0.25) is 0 Å². The van der Waals surface area contributed by atoms with Crippen molar-refractivity contribution in [2.24, 2.45) is 0 Å². The Morgan fingerprint density at radius 2 is 2.13 bits per heavy atom. The van der Waals surface area contributed by atoms with Crippen LogP contribution in [-0.4, -0.2) is 21.0 Å². The molecule has 0 aromatic carbocycles. The van der Waals surface area contributed by atoms with Crippen LogP contribution in [0.1, 0.15) is 37.4 Å². The zero-order chi connectivity index (χ0) is 11.0. The molecule has 5 nitrogen and oxygen atoms in total. The molecule has 1 aliphatic rings. The summed E-state index contributed by atoms with van der Waals surface area (Å²) in [6, 6.07) is -0.137. The third-order valence-corrected chi connectivity index (χ3v) is 3.17. The number of aliphatic hydroxyl groups is 1. The Balaban J connectivity index is 2.36. The summed E-state index contributed by atoms with van der Waals surface area (Å²) in [5.74, 6) is 0. The van der Waals surface area contributed by atoms with Gasteiger partial charge in [-0.05, 0) is 19.8 Å². The van der Waals surface area contributed by atoms with Gasteiger partial charge in [0.1, 0.15) is 5.69 Å². The smallest absolute Gasteiger partial charge is 0.290 e. The lowest BCUT2D eigenvalue weighted by molar-refractivity contribution is 0.0678. The van der Waals surface area contributed by atoms with Crippen LogP contribution in [-0.2, 0) is 0 Å². The van der Waals surface area contributed by atoms with Crippen molar-refractivity contribution in [1.29, 1.82) is 0 Å². The maximum atomic E-state index is 11.7. The zero-order valence-electron chi connectivity index (χ0n) is 8.86. The summed E-state index contributed by atoms with van der Waals surface area (Å²) in [7, 11) is 0. The third-order valence-electron chi connectivity index (χ3n) is 3.17. The number of nitrogens with two attached hydrogens (primary N) is 1. The predicted molar refractivity (Wildman–Crippen MR) is 57.7 cm³/mol. The molecule has 1 fully saturated rings. The van der Waals surface area contributed by atoms with Gasteiger partial charge < -0.3 is 10.8 Å². The summed E-state index contributed by atoms with van der Waals surface area (Å²) < 4.78 is 1.48. The van der Waals surface area contributed by atoms with Crippen LogP contribution < -0.4 is 11.3 Å². The van der Waals surface area contributed by atoms with Gasteiger partial charge in [0.05, 0.1) is 17.8 Å². The predicted octanol–water partition coefficient (Wildman–Crippen LogP) is 0.543. The number of aromatic nitrogens is 2. The molecule has 0 spiro atoms. The van der Waals surface area contributed by atoms with E-state index in [0.717, 1.165) is 25.7 Å². The minimum atomic E-state index is -0.436. The molecule has 0 amide bonds. The van der Waals surface area contributed by atoms with Crippen LogP contribution in [0.5, 0.6) is 0 Å². The number of rotatable bonds is 1. The molecule has 5 heteroatoms.